The molecule has 0 bridgehead atoms. The topological polar surface area (TPSA) is 92.5 Å². The average molecular weight is 262 g/mol. The second-order valence-electron chi connectivity index (χ2n) is 3.93. The molecule has 0 saturated heterocycles. The van der Waals surface area contributed by atoms with Gasteiger partial charge in [-0.05, 0) is 19.1 Å². The fourth-order valence-corrected chi connectivity index (χ4v) is 1.63. The smallest absolute Gasteiger partial charge is 0.338 e. The van der Waals surface area contributed by atoms with Crippen LogP contribution in [0, 0.1) is 0 Å². The van der Waals surface area contributed by atoms with Gasteiger partial charge in [0.1, 0.15) is 6.10 Å². The Morgan fingerprint density at radius 1 is 1.32 bits per heavy atom. The van der Waals surface area contributed by atoms with Crippen molar-refractivity contribution < 1.29 is 19.7 Å². The maximum Gasteiger partial charge on any atom is 0.338 e. The van der Waals surface area contributed by atoms with E-state index in [0.717, 1.165) is 0 Å². The Morgan fingerprint density at radius 2 is 2.00 bits per heavy atom. The monoisotopic (exact) mass is 262 g/mol. The maximum absolute atomic E-state index is 11.3. The Morgan fingerprint density at radius 3 is 2.68 bits per heavy atom. The Labute approximate surface area is 109 Å². The van der Waals surface area contributed by atoms with Crippen LogP contribution in [0.5, 0.6) is 0 Å². The summed E-state index contributed by atoms with van der Waals surface area (Å²) in [5, 5.41) is 19.5. The molecule has 1 heterocycles. The van der Waals surface area contributed by atoms with Gasteiger partial charge in [0, 0.05) is 0 Å². The van der Waals surface area contributed by atoms with Crippen molar-refractivity contribution in [3.05, 3.63) is 36.2 Å². The third-order valence-electron chi connectivity index (χ3n) is 2.60. The summed E-state index contributed by atoms with van der Waals surface area (Å²) in [6.07, 6.45) is -1.80. The second kappa shape index (κ2) is 5.73. The summed E-state index contributed by atoms with van der Waals surface area (Å²) in [6, 6.07) is 7.12. The fourth-order valence-electron chi connectivity index (χ4n) is 1.63. The second-order valence-corrected chi connectivity index (χ2v) is 3.93. The van der Waals surface area contributed by atoms with E-state index in [2.05, 4.69) is 14.7 Å². The van der Waals surface area contributed by atoms with E-state index in [9.17, 15) is 15.0 Å². The van der Waals surface area contributed by atoms with Gasteiger partial charge in [0.2, 0.25) is 0 Å². The predicted octanol–water partition coefficient (Wildman–Crippen LogP) is 0.587. The molecule has 2 rings (SSSR count). The minimum atomic E-state index is -1.67. The van der Waals surface area contributed by atoms with Crippen LogP contribution in [0.25, 0.3) is 11.0 Å². The Kier molecular flexibility index (Phi) is 4.03. The zero-order chi connectivity index (χ0) is 13.8. The van der Waals surface area contributed by atoms with Crippen molar-refractivity contribution in [3.63, 3.8) is 0 Å². The number of hydrogen-bond acceptors (Lipinski definition) is 6. The third kappa shape index (κ3) is 2.86. The highest BCUT2D eigenvalue weighted by molar-refractivity contribution is 5.76. The number of aliphatic hydroxyl groups is 2. The molecule has 19 heavy (non-hydrogen) atoms. The lowest BCUT2D eigenvalue weighted by Gasteiger charge is -2.15. The predicted molar refractivity (Wildman–Crippen MR) is 67.1 cm³/mol. The van der Waals surface area contributed by atoms with Crippen LogP contribution in [0.15, 0.2) is 30.5 Å². The largest absolute Gasteiger partial charge is 0.464 e. The highest BCUT2D eigenvalue weighted by atomic mass is 16.5. The summed E-state index contributed by atoms with van der Waals surface area (Å²) in [4.78, 5) is 19.6. The molecule has 2 N–H and O–H groups in total. The molecule has 0 fully saturated rings. The molecule has 0 aliphatic carbocycles. The normalized spacial score (nSPS) is 14.1. The standard InChI is InChI=1S/C13H14N2O4/c1-2-19-13(18)12(17)11(16)10-7-14-8-5-3-4-6-9(8)15-10/h3-7,11-12,16-17H,2H2,1H3. The summed E-state index contributed by atoms with van der Waals surface area (Å²) in [5.74, 6) is -0.884. The van der Waals surface area contributed by atoms with Crippen molar-refractivity contribution in [2.24, 2.45) is 0 Å². The van der Waals surface area contributed by atoms with Gasteiger partial charge in [-0.15, -0.1) is 0 Å². The summed E-state index contributed by atoms with van der Waals surface area (Å²) in [7, 11) is 0. The first-order valence-corrected chi connectivity index (χ1v) is 5.88. The van der Waals surface area contributed by atoms with E-state index >= 15 is 0 Å². The van der Waals surface area contributed by atoms with E-state index in [-0.39, 0.29) is 12.3 Å². The quantitative estimate of drug-likeness (QED) is 0.783. The molecule has 2 unspecified atom stereocenters. The van der Waals surface area contributed by atoms with Crippen LogP contribution in [-0.4, -0.2) is 38.9 Å². The van der Waals surface area contributed by atoms with Gasteiger partial charge in [-0.3, -0.25) is 4.98 Å². The molecule has 0 amide bonds. The van der Waals surface area contributed by atoms with Crippen LogP contribution in [0.1, 0.15) is 18.7 Å². The first kappa shape index (κ1) is 13.4. The number of para-hydroxylation sites is 2. The van der Waals surface area contributed by atoms with Crippen molar-refractivity contribution in [3.8, 4) is 0 Å². The molecule has 6 heteroatoms. The van der Waals surface area contributed by atoms with Crippen molar-refractivity contribution in [2.75, 3.05) is 6.61 Å². The molecule has 0 spiro atoms. The van der Waals surface area contributed by atoms with Gasteiger partial charge in [0.05, 0.1) is 29.5 Å². The van der Waals surface area contributed by atoms with Crippen molar-refractivity contribution in [1.29, 1.82) is 0 Å². The molecule has 1 aromatic carbocycles. The van der Waals surface area contributed by atoms with Crippen molar-refractivity contribution >= 4 is 17.0 Å². The summed E-state index contributed by atoms with van der Waals surface area (Å²) in [6.45, 7) is 1.75. The SMILES string of the molecule is CCOC(=O)C(O)C(O)c1cnc2ccccc2n1. The molecule has 6 nitrogen and oxygen atoms in total. The number of hydrogen-bond donors (Lipinski definition) is 2. The van der Waals surface area contributed by atoms with E-state index in [4.69, 9.17) is 0 Å². The molecule has 2 atom stereocenters. The van der Waals surface area contributed by atoms with E-state index in [1.54, 1.807) is 25.1 Å². The van der Waals surface area contributed by atoms with E-state index < -0.39 is 18.2 Å². The number of carbonyl (C=O) groups is 1. The molecule has 0 saturated carbocycles. The number of ether oxygens (including phenoxy) is 1. The van der Waals surface area contributed by atoms with Crippen LogP contribution in [0.3, 0.4) is 0 Å². The fraction of sp³-hybridized carbons (Fsp3) is 0.308. The zero-order valence-electron chi connectivity index (χ0n) is 10.4. The van der Waals surface area contributed by atoms with Crippen LogP contribution in [-0.2, 0) is 9.53 Å². The van der Waals surface area contributed by atoms with Crippen LogP contribution >= 0.6 is 0 Å². The molecule has 100 valence electrons. The zero-order valence-corrected chi connectivity index (χ0v) is 10.4. The number of nitrogens with zero attached hydrogens (tertiary/aromatic N) is 2. The maximum atomic E-state index is 11.3. The first-order valence-electron chi connectivity index (χ1n) is 5.88. The molecular weight excluding hydrogens is 248 g/mol. The summed E-state index contributed by atoms with van der Waals surface area (Å²) in [5.41, 5.74) is 1.37. The minimum Gasteiger partial charge on any atom is -0.464 e. The highest BCUT2D eigenvalue weighted by Gasteiger charge is 2.28. The molecule has 0 aliphatic rings. The van der Waals surface area contributed by atoms with Crippen LogP contribution < -0.4 is 0 Å². The van der Waals surface area contributed by atoms with Crippen LogP contribution in [0.4, 0.5) is 0 Å². The Hall–Kier alpha value is -2.05. The van der Waals surface area contributed by atoms with Gasteiger partial charge in [0.25, 0.3) is 0 Å². The average Bonchev–Trinajstić information content (AvgIpc) is 2.45. The van der Waals surface area contributed by atoms with Crippen molar-refractivity contribution in [1.82, 2.24) is 9.97 Å². The van der Waals surface area contributed by atoms with Gasteiger partial charge < -0.3 is 14.9 Å². The van der Waals surface area contributed by atoms with Gasteiger partial charge in [-0.1, -0.05) is 12.1 Å². The number of aliphatic hydroxyl groups excluding tert-OH is 2. The van der Waals surface area contributed by atoms with Gasteiger partial charge in [0.15, 0.2) is 6.10 Å². The number of aromatic nitrogens is 2. The summed E-state index contributed by atoms with van der Waals surface area (Å²) >= 11 is 0. The minimum absolute atomic E-state index is 0.124. The van der Waals surface area contributed by atoms with Gasteiger partial charge in [-0.2, -0.15) is 0 Å². The van der Waals surface area contributed by atoms with Crippen molar-refractivity contribution in [2.45, 2.75) is 19.1 Å². The summed E-state index contributed by atoms with van der Waals surface area (Å²) < 4.78 is 4.64. The molecule has 2 aromatic rings. The third-order valence-corrected chi connectivity index (χ3v) is 2.60. The molecule has 1 aromatic heterocycles. The number of esters is 1. The molecule has 0 aliphatic heterocycles. The number of rotatable bonds is 4. The van der Waals surface area contributed by atoms with E-state index in [1.807, 2.05) is 6.07 Å². The molecular formula is C13H14N2O4. The number of benzene rings is 1. The highest BCUT2D eigenvalue weighted by Crippen LogP contribution is 2.17. The van der Waals surface area contributed by atoms with Crippen LogP contribution in [0.2, 0.25) is 0 Å². The lowest BCUT2D eigenvalue weighted by molar-refractivity contribution is -0.159. The number of carbonyl (C=O) groups excluding carboxylic acids is 1. The Bertz CT molecular complexity index is 588. The van der Waals surface area contributed by atoms with Gasteiger partial charge >= 0.3 is 5.97 Å². The van der Waals surface area contributed by atoms with E-state index in [1.165, 1.54) is 6.20 Å². The van der Waals surface area contributed by atoms with Gasteiger partial charge in [-0.25, -0.2) is 9.78 Å². The Balaban J connectivity index is 2.25. The number of fused-ring (bicyclic) bond motifs is 1. The lowest BCUT2D eigenvalue weighted by atomic mass is 10.1. The molecule has 0 radical (unpaired) electrons. The lowest BCUT2D eigenvalue weighted by Crippen LogP contribution is -2.30. The first-order chi connectivity index (χ1) is 9.13. The van der Waals surface area contributed by atoms with E-state index in [0.29, 0.717) is 11.0 Å².